The van der Waals surface area contributed by atoms with E-state index in [1.807, 2.05) is 11.3 Å². The molecule has 0 saturated carbocycles. The molecule has 0 radical (unpaired) electrons. The van der Waals surface area contributed by atoms with Crippen LogP contribution in [-0.4, -0.2) is 51.8 Å². The first kappa shape index (κ1) is 20.0. The maximum Gasteiger partial charge on any atom is 0.249 e. The minimum Gasteiger partial charge on any atom is -0.376 e. The first-order chi connectivity index (χ1) is 15.2. The zero-order valence-corrected chi connectivity index (χ0v) is 19.2. The molecule has 1 amide bonds. The number of rotatable bonds is 5. The number of amides is 1. The van der Waals surface area contributed by atoms with Crippen molar-refractivity contribution in [1.29, 1.82) is 0 Å². The van der Waals surface area contributed by atoms with Gasteiger partial charge in [-0.2, -0.15) is 0 Å². The molecule has 0 bridgehead atoms. The van der Waals surface area contributed by atoms with E-state index in [0.717, 1.165) is 43.4 Å². The van der Waals surface area contributed by atoms with Crippen LogP contribution in [0.3, 0.4) is 0 Å². The molecule has 2 aromatic heterocycles. The molecule has 3 N–H and O–H groups in total. The summed E-state index contributed by atoms with van der Waals surface area (Å²) in [5.74, 6) is 1.11. The van der Waals surface area contributed by atoms with Gasteiger partial charge in [-0.05, 0) is 51.0 Å². The minimum atomic E-state index is 0.00631. The monoisotopic (exact) mass is 461 g/mol. The van der Waals surface area contributed by atoms with Crippen molar-refractivity contribution in [3.05, 3.63) is 16.0 Å². The van der Waals surface area contributed by atoms with Gasteiger partial charge in [0.15, 0.2) is 5.16 Å². The summed E-state index contributed by atoms with van der Waals surface area (Å²) >= 11 is 3.31. The van der Waals surface area contributed by atoms with Crippen molar-refractivity contribution in [1.82, 2.24) is 30.8 Å². The summed E-state index contributed by atoms with van der Waals surface area (Å²) in [6.45, 7) is 3.50. The van der Waals surface area contributed by atoms with Gasteiger partial charge in [0, 0.05) is 23.6 Å². The molecule has 5 heterocycles. The second-order valence-electron chi connectivity index (χ2n) is 8.57. The maximum atomic E-state index is 12.4. The van der Waals surface area contributed by atoms with Gasteiger partial charge >= 0.3 is 0 Å². The van der Waals surface area contributed by atoms with Crippen molar-refractivity contribution in [2.75, 3.05) is 23.9 Å². The summed E-state index contributed by atoms with van der Waals surface area (Å²) in [7, 11) is 0. The molecule has 9 nitrogen and oxygen atoms in total. The Morgan fingerprint density at radius 1 is 1.32 bits per heavy atom. The molecule has 31 heavy (non-hydrogen) atoms. The van der Waals surface area contributed by atoms with E-state index in [4.69, 9.17) is 4.74 Å². The van der Waals surface area contributed by atoms with E-state index in [1.165, 1.54) is 45.6 Å². The molecule has 3 atom stereocenters. The molecule has 166 valence electrons. The van der Waals surface area contributed by atoms with Crippen molar-refractivity contribution in [3.63, 3.8) is 0 Å². The fraction of sp³-hybridized carbons (Fsp3) is 0.650. The second-order valence-corrected chi connectivity index (χ2v) is 10.6. The number of aromatic nitrogens is 3. The number of fused-ring (bicyclic) bond motifs is 8. The van der Waals surface area contributed by atoms with Crippen LogP contribution in [-0.2, 0) is 22.4 Å². The zero-order valence-electron chi connectivity index (χ0n) is 17.5. The van der Waals surface area contributed by atoms with Crippen molar-refractivity contribution in [2.45, 2.75) is 69.0 Å². The number of hydrogen-bond donors (Lipinski definition) is 3. The van der Waals surface area contributed by atoms with Gasteiger partial charge in [-0.15, -0.1) is 21.5 Å². The van der Waals surface area contributed by atoms with Crippen LogP contribution in [0, 0.1) is 0 Å². The predicted octanol–water partition coefficient (Wildman–Crippen LogP) is 1.87. The average Bonchev–Trinajstić information content (AvgIpc) is 3.54. The number of hydrazine groups is 1. The van der Waals surface area contributed by atoms with Crippen LogP contribution >= 0.6 is 23.1 Å². The van der Waals surface area contributed by atoms with Crippen LogP contribution in [0.25, 0.3) is 5.00 Å². The normalized spacial score (nSPS) is 26.4. The number of carbonyl (C=O) groups is 1. The third-order valence-electron chi connectivity index (χ3n) is 6.38. The maximum absolute atomic E-state index is 12.4. The van der Waals surface area contributed by atoms with Crippen LogP contribution in [0.1, 0.15) is 54.8 Å². The second kappa shape index (κ2) is 8.04. The number of carbonyl (C=O) groups excluding carboxylic acids is 1. The number of nitrogens with zero attached hydrogens (tertiary/aromatic N) is 4. The van der Waals surface area contributed by atoms with Gasteiger partial charge in [0.25, 0.3) is 0 Å². The molecule has 2 fully saturated rings. The highest BCUT2D eigenvalue weighted by Gasteiger charge is 2.43. The van der Waals surface area contributed by atoms with Gasteiger partial charge in [0.05, 0.1) is 18.0 Å². The zero-order chi connectivity index (χ0) is 20.9. The third kappa shape index (κ3) is 3.46. The lowest BCUT2D eigenvalue weighted by molar-refractivity contribution is -0.119. The number of aryl methyl sites for hydroxylation is 1. The van der Waals surface area contributed by atoms with Gasteiger partial charge < -0.3 is 10.1 Å². The molecule has 2 saturated heterocycles. The lowest BCUT2D eigenvalue weighted by Gasteiger charge is -2.31. The fourth-order valence-corrected chi connectivity index (χ4v) is 7.18. The van der Waals surface area contributed by atoms with E-state index in [1.54, 1.807) is 0 Å². The summed E-state index contributed by atoms with van der Waals surface area (Å²) in [5.41, 5.74) is 6.33. The highest BCUT2D eigenvalue weighted by molar-refractivity contribution is 7.99. The summed E-state index contributed by atoms with van der Waals surface area (Å²) in [4.78, 5) is 13.9. The van der Waals surface area contributed by atoms with Crippen LogP contribution in [0.5, 0.6) is 0 Å². The first-order valence-electron chi connectivity index (χ1n) is 11.1. The van der Waals surface area contributed by atoms with Crippen LogP contribution in [0.4, 0.5) is 5.95 Å². The lowest BCUT2D eigenvalue weighted by atomic mass is 9.94. The Morgan fingerprint density at radius 3 is 3.10 bits per heavy atom. The van der Waals surface area contributed by atoms with Crippen molar-refractivity contribution < 1.29 is 9.53 Å². The van der Waals surface area contributed by atoms with Crippen molar-refractivity contribution in [3.8, 4) is 5.00 Å². The molecule has 0 aromatic carbocycles. The highest BCUT2D eigenvalue weighted by atomic mass is 32.2. The molecule has 3 aliphatic heterocycles. The largest absolute Gasteiger partial charge is 0.376 e. The fourth-order valence-electron chi connectivity index (χ4n) is 4.95. The molecule has 4 aliphatic rings. The number of ether oxygens (including phenoxy) is 1. The van der Waals surface area contributed by atoms with E-state index < -0.39 is 0 Å². The van der Waals surface area contributed by atoms with Crippen molar-refractivity contribution >= 4 is 35.0 Å². The summed E-state index contributed by atoms with van der Waals surface area (Å²) in [6.07, 6.45) is 7.26. The third-order valence-corrected chi connectivity index (χ3v) is 8.60. The standard InChI is InChI=1S/C20H27N7O2S2/c1-11-22-17-16-13-6-2-3-7-14(13)31-18(16)26-19(27(17)25-11)23-24-20(26)30-10-15(28)21-9-12-5-4-8-29-12/h11-12,17,22,25H,2-10H2,1H3,(H,21,28)/t11?,12-,17?/m1/s1. The van der Waals surface area contributed by atoms with Gasteiger partial charge in [0.2, 0.25) is 11.9 Å². The Balaban J connectivity index is 1.26. The Hall–Kier alpha value is -1.66. The Morgan fingerprint density at radius 2 is 2.23 bits per heavy atom. The first-order valence-corrected chi connectivity index (χ1v) is 12.9. The number of anilines is 1. The molecule has 2 unspecified atom stereocenters. The topological polar surface area (TPSA) is 96.3 Å². The Labute approximate surface area is 189 Å². The van der Waals surface area contributed by atoms with E-state index in [2.05, 4.69) is 42.8 Å². The Bertz CT molecular complexity index is 1000. The molecule has 6 rings (SSSR count). The summed E-state index contributed by atoms with van der Waals surface area (Å²) in [6, 6.07) is 0. The molecule has 1 aliphatic carbocycles. The number of hydrogen-bond acceptors (Lipinski definition) is 9. The van der Waals surface area contributed by atoms with Crippen LogP contribution < -0.4 is 21.1 Å². The molecule has 2 aromatic rings. The minimum absolute atomic E-state index is 0.00631. The van der Waals surface area contributed by atoms with Gasteiger partial charge in [-0.3, -0.25) is 15.1 Å². The van der Waals surface area contributed by atoms with Gasteiger partial charge in [0.1, 0.15) is 11.2 Å². The Kier molecular flexibility index (Phi) is 5.18. The van der Waals surface area contributed by atoms with Gasteiger partial charge in [-0.1, -0.05) is 11.8 Å². The smallest absolute Gasteiger partial charge is 0.249 e. The number of nitrogens with one attached hydrogen (secondary N) is 3. The van der Waals surface area contributed by atoms with Crippen LogP contribution in [0.2, 0.25) is 0 Å². The predicted molar refractivity (Wildman–Crippen MR) is 120 cm³/mol. The summed E-state index contributed by atoms with van der Waals surface area (Å²) < 4.78 is 7.73. The van der Waals surface area contributed by atoms with E-state index in [-0.39, 0.29) is 24.3 Å². The molecule has 11 heteroatoms. The van der Waals surface area contributed by atoms with E-state index in [9.17, 15) is 4.79 Å². The quantitative estimate of drug-likeness (QED) is 0.581. The number of thiophene rings is 1. The molecular formula is C20H27N7O2S2. The lowest BCUT2D eigenvalue weighted by Crippen LogP contribution is -2.40. The highest BCUT2D eigenvalue weighted by Crippen LogP contribution is 2.48. The number of thioether (sulfide) groups is 1. The van der Waals surface area contributed by atoms with Gasteiger partial charge in [-0.25, -0.2) is 9.99 Å². The van der Waals surface area contributed by atoms with Crippen LogP contribution in [0.15, 0.2) is 5.16 Å². The SMILES string of the molecule is CC1NC2c3c(sc4c3CCCC4)-n3c(SCC(=O)NC[C@H]4CCCO4)nnc3N2N1. The molecule has 0 spiro atoms. The van der Waals surface area contributed by atoms with E-state index in [0.29, 0.717) is 12.3 Å². The van der Waals surface area contributed by atoms with Crippen molar-refractivity contribution in [2.24, 2.45) is 0 Å². The molecular weight excluding hydrogens is 434 g/mol. The summed E-state index contributed by atoms with van der Waals surface area (Å²) in [5, 5.41) is 19.7. The van der Waals surface area contributed by atoms with E-state index >= 15 is 0 Å². The average molecular weight is 462 g/mol.